The normalized spacial score (nSPS) is 11.2. The molecule has 10 aromatic carbocycles. The highest BCUT2D eigenvalue weighted by molar-refractivity contribution is 5.99. The van der Waals surface area contributed by atoms with E-state index in [0.717, 1.165) is 17.1 Å². The minimum atomic E-state index is 1.09. The van der Waals surface area contributed by atoms with Gasteiger partial charge in [0, 0.05) is 17.1 Å². The fraction of sp³-hybridized carbons (Fsp3) is 0. The molecule has 0 spiro atoms. The Morgan fingerprint density at radius 3 is 1.12 bits per heavy atom. The molecule has 1 nitrogen and oxygen atoms in total. The summed E-state index contributed by atoms with van der Waals surface area (Å²) < 4.78 is 0. The first-order valence-corrected chi connectivity index (χ1v) is 19.6. The molecule has 1 heteroatoms. The Balaban J connectivity index is 1.13. The van der Waals surface area contributed by atoms with Crippen molar-refractivity contribution in [3.63, 3.8) is 0 Å². The molecule has 10 aromatic rings. The SMILES string of the molecule is c1ccc(-c2ccccc2-c2ccc(N(c3ccc(-c4cccc5ccccc45)cc3)c3ccc(-c4cccc5ccccc45)cc3)cc2-c2ccccc2)cc1. The third kappa shape index (κ3) is 6.56. The summed E-state index contributed by atoms with van der Waals surface area (Å²) >= 11 is 0. The van der Waals surface area contributed by atoms with Gasteiger partial charge in [0.05, 0.1) is 0 Å². The van der Waals surface area contributed by atoms with E-state index in [4.69, 9.17) is 0 Å². The van der Waals surface area contributed by atoms with Crippen LogP contribution in [0.5, 0.6) is 0 Å². The molecule has 0 atom stereocenters. The number of fused-ring (bicyclic) bond motifs is 2. The van der Waals surface area contributed by atoms with Gasteiger partial charge in [-0.1, -0.05) is 200 Å². The number of nitrogens with zero attached hydrogens (tertiary/aromatic N) is 1. The van der Waals surface area contributed by atoms with Gasteiger partial charge >= 0.3 is 0 Å². The highest BCUT2D eigenvalue weighted by atomic mass is 15.1. The third-order valence-electron chi connectivity index (χ3n) is 11.1. The smallest absolute Gasteiger partial charge is 0.0468 e. The first-order chi connectivity index (χ1) is 28.3. The summed E-state index contributed by atoms with van der Waals surface area (Å²) in [6, 6.07) is 85.6. The van der Waals surface area contributed by atoms with Crippen LogP contribution in [0.1, 0.15) is 0 Å². The first-order valence-electron chi connectivity index (χ1n) is 19.6. The molecule has 0 unspecified atom stereocenters. The van der Waals surface area contributed by atoms with Crippen LogP contribution in [0.15, 0.2) is 237 Å². The lowest BCUT2D eigenvalue weighted by molar-refractivity contribution is 1.28. The molecule has 0 radical (unpaired) electrons. The van der Waals surface area contributed by atoms with Gasteiger partial charge in [0.1, 0.15) is 0 Å². The second kappa shape index (κ2) is 15.0. The topological polar surface area (TPSA) is 3.24 Å². The van der Waals surface area contributed by atoms with Crippen molar-refractivity contribution >= 4 is 38.6 Å². The van der Waals surface area contributed by atoms with Gasteiger partial charge in [0.25, 0.3) is 0 Å². The molecule has 0 aliphatic carbocycles. The lowest BCUT2D eigenvalue weighted by Gasteiger charge is -2.27. The Morgan fingerprint density at radius 2 is 0.579 bits per heavy atom. The van der Waals surface area contributed by atoms with Crippen molar-refractivity contribution < 1.29 is 0 Å². The van der Waals surface area contributed by atoms with Crippen LogP contribution in [0, 0.1) is 0 Å². The Bertz CT molecular complexity index is 2850. The van der Waals surface area contributed by atoms with Crippen molar-refractivity contribution in [2.45, 2.75) is 0 Å². The van der Waals surface area contributed by atoms with E-state index in [9.17, 15) is 0 Å². The number of rotatable bonds is 8. The Kier molecular flexibility index (Phi) is 8.95. The van der Waals surface area contributed by atoms with Crippen molar-refractivity contribution in [2.24, 2.45) is 0 Å². The fourth-order valence-electron chi connectivity index (χ4n) is 8.33. The third-order valence-corrected chi connectivity index (χ3v) is 11.1. The Hall–Kier alpha value is -7.48. The molecule has 0 aromatic heterocycles. The maximum absolute atomic E-state index is 2.39. The first kappa shape index (κ1) is 34.0. The molecular formula is C56H39N. The van der Waals surface area contributed by atoms with Gasteiger partial charge in [-0.05, 0) is 114 Å². The number of anilines is 3. The van der Waals surface area contributed by atoms with Gasteiger partial charge in [-0.3, -0.25) is 0 Å². The largest absolute Gasteiger partial charge is 0.310 e. The van der Waals surface area contributed by atoms with Gasteiger partial charge in [0.2, 0.25) is 0 Å². The minimum absolute atomic E-state index is 1.09. The van der Waals surface area contributed by atoms with Crippen LogP contribution in [0.25, 0.3) is 77.2 Å². The molecule has 0 bridgehead atoms. The second-order valence-electron chi connectivity index (χ2n) is 14.5. The molecule has 0 saturated heterocycles. The van der Waals surface area contributed by atoms with E-state index in [0.29, 0.717) is 0 Å². The average Bonchev–Trinajstić information content (AvgIpc) is 3.30. The summed E-state index contributed by atoms with van der Waals surface area (Å²) in [6.07, 6.45) is 0. The summed E-state index contributed by atoms with van der Waals surface area (Å²) in [5, 5.41) is 5.00. The molecule has 57 heavy (non-hydrogen) atoms. The lowest BCUT2D eigenvalue weighted by Crippen LogP contribution is -2.10. The Labute approximate surface area is 334 Å². The molecule has 268 valence electrons. The van der Waals surface area contributed by atoms with Crippen LogP contribution in [0.2, 0.25) is 0 Å². The van der Waals surface area contributed by atoms with Gasteiger partial charge in [-0.25, -0.2) is 0 Å². The summed E-state index contributed by atoms with van der Waals surface area (Å²) in [6.45, 7) is 0. The second-order valence-corrected chi connectivity index (χ2v) is 14.5. The fourth-order valence-corrected chi connectivity index (χ4v) is 8.33. The van der Waals surface area contributed by atoms with Gasteiger partial charge in [0.15, 0.2) is 0 Å². The number of hydrogen-bond acceptors (Lipinski definition) is 1. The van der Waals surface area contributed by atoms with Gasteiger partial charge < -0.3 is 4.90 Å². The summed E-state index contributed by atoms with van der Waals surface area (Å²) in [5.74, 6) is 0. The molecule has 0 N–H and O–H groups in total. The zero-order valence-electron chi connectivity index (χ0n) is 31.5. The quantitative estimate of drug-likeness (QED) is 0.151. The van der Waals surface area contributed by atoms with Crippen molar-refractivity contribution in [1.82, 2.24) is 0 Å². The molecule has 10 rings (SSSR count). The molecule has 0 aliphatic heterocycles. The predicted molar refractivity (Wildman–Crippen MR) is 243 cm³/mol. The Morgan fingerprint density at radius 1 is 0.211 bits per heavy atom. The number of hydrogen-bond donors (Lipinski definition) is 0. The molecule has 0 fully saturated rings. The van der Waals surface area contributed by atoms with E-state index in [2.05, 4.69) is 241 Å². The highest BCUT2D eigenvalue weighted by Crippen LogP contribution is 2.44. The zero-order chi connectivity index (χ0) is 38.0. The van der Waals surface area contributed by atoms with E-state index >= 15 is 0 Å². The molecule has 0 saturated carbocycles. The summed E-state index contributed by atoms with van der Waals surface area (Å²) in [4.78, 5) is 2.39. The maximum Gasteiger partial charge on any atom is 0.0468 e. The van der Waals surface area contributed by atoms with Crippen LogP contribution < -0.4 is 4.90 Å². The van der Waals surface area contributed by atoms with E-state index < -0.39 is 0 Å². The van der Waals surface area contributed by atoms with E-state index in [1.54, 1.807) is 0 Å². The molecule has 0 aliphatic rings. The van der Waals surface area contributed by atoms with Crippen molar-refractivity contribution in [2.75, 3.05) is 4.90 Å². The standard InChI is InChI=1S/C56H39N/c1-3-15-40(16-4-1)53-25-11-12-26-54(53)55-38-37-48(39-56(55)43-17-5-2-6-18-43)57(46-33-29-44(30-34-46)51-27-13-21-41-19-7-9-23-49(41)51)47-35-31-45(32-36-47)52-28-14-22-42-20-8-10-24-50(42)52/h1-39H. The van der Waals surface area contributed by atoms with Crippen LogP contribution >= 0.6 is 0 Å². The zero-order valence-corrected chi connectivity index (χ0v) is 31.5. The summed E-state index contributed by atoms with van der Waals surface area (Å²) in [7, 11) is 0. The minimum Gasteiger partial charge on any atom is -0.310 e. The monoisotopic (exact) mass is 725 g/mol. The van der Waals surface area contributed by atoms with E-state index in [1.165, 1.54) is 77.2 Å². The van der Waals surface area contributed by atoms with Crippen molar-refractivity contribution in [3.8, 4) is 55.6 Å². The number of benzene rings is 10. The molecular weight excluding hydrogens is 687 g/mol. The molecule has 0 amide bonds. The van der Waals surface area contributed by atoms with Gasteiger partial charge in [-0.2, -0.15) is 0 Å². The predicted octanol–water partition coefficient (Wildman–Crippen LogP) is 15.8. The van der Waals surface area contributed by atoms with Crippen LogP contribution in [0.4, 0.5) is 17.1 Å². The maximum atomic E-state index is 2.39. The van der Waals surface area contributed by atoms with E-state index in [-0.39, 0.29) is 0 Å². The van der Waals surface area contributed by atoms with Crippen LogP contribution in [-0.4, -0.2) is 0 Å². The average molecular weight is 726 g/mol. The highest BCUT2D eigenvalue weighted by Gasteiger charge is 2.19. The van der Waals surface area contributed by atoms with Crippen LogP contribution in [-0.2, 0) is 0 Å². The van der Waals surface area contributed by atoms with Crippen LogP contribution in [0.3, 0.4) is 0 Å². The van der Waals surface area contributed by atoms with Crippen molar-refractivity contribution in [1.29, 1.82) is 0 Å². The van der Waals surface area contributed by atoms with Gasteiger partial charge in [-0.15, -0.1) is 0 Å². The van der Waals surface area contributed by atoms with E-state index in [1.807, 2.05) is 0 Å². The summed E-state index contributed by atoms with van der Waals surface area (Å²) in [5.41, 5.74) is 15.3. The molecule has 0 heterocycles. The lowest BCUT2D eigenvalue weighted by atomic mass is 9.89. The van der Waals surface area contributed by atoms with Crippen molar-refractivity contribution in [3.05, 3.63) is 237 Å².